The lowest BCUT2D eigenvalue weighted by Crippen LogP contribution is -2.34. The zero-order valence-corrected chi connectivity index (χ0v) is 13.7. The Labute approximate surface area is 137 Å². The molecule has 1 aliphatic rings. The first-order valence-electron chi connectivity index (χ1n) is 8.41. The maximum absolute atomic E-state index is 11.9. The Balaban J connectivity index is 2.35. The number of carboxylic acids is 1. The number of aliphatic hydroxyl groups is 2. The fraction of sp³-hybridized carbons (Fsp3) is 0.875. The molecule has 1 fully saturated rings. The smallest absolute Gasteiger partial charge is 0.307 e. The summed E-state index contributed by atoms with van der Waals surface area (Å²) in [5, 5.41) is 27.2. The van der Waals surface area contributed by atoms with Crippen molar-refractivity contribution in [3.8, 4) is 0 Å². The summed E-state index contributed by atoms with van der Waals surface area (Å²) >= 11 is 0. The molecule has 0 amide bonds. The number of rotatable bonds is 11. The number of aliphatic hydroxyl groups excluding tert-OH is 2. The molecule has 1 unspecified atom stereocenters. The van der Waals surface area contributed by atoms with E-state index in [0.29, 0.717) is 19.6 Å². The van der Waals surface area contributed by atoms with Crippen molar-refractivity contribution < 1.29 is 29.6 Å². The van der Waals surface area contributed by atoms with Crippen molar-refractivity contribution in [2.75, 3.05) is 39.5 Å². The molecule has 0 saturated heterocycles. The zero-order valence-electron chi connectivity index (χ0n) is 13.7. The van der Waals surface area contributed by atoms with Crippen molar-refractivity contribution in [1.29, 1.82) is 0 Å². The Morgan fingerprint density at radius 3 is 2.17 bits per heavy atom. The van der Waals surface area contributed by atoms with E-state index in [-0.39, 0.29) is 32.2 Å². The Morgan fingerprint density at radius 2 is 1.65 bits per heavy atom. The maximum Gasteiger partial charge on any atom is 0.307 e. The molecule has 3 N–H and O–H groups in total. The summed E-state index contributed by atoms with van der Waals surface area (Å²) in [4.78, 5) is 25.1. The summed E-state index contributed by atoms with van der Waals surface area (Å²) in [5.74, 6) is -2.00. The molecule has 1 saturated carbocycles. The van der Waals surface area contributed by atoms with Gasteiger partial charge in [-0.15, -0.1) is 0 Å². The molecule has 0 bridgehead atoms. The number of nitrogens with zero attached hydrogens (tertiary/aromatic N) is 1. The van der Waals surface area contributed by atoms with E-state index in [2.05, 4.69) is 0 Å². The van der Waals surface area contributed by atoms with Gasteiger partial charge in [-0.05, 0) is 18.8 Å². The van der Waals surface area contributed by atoms with E-state index in [9.17, 15) is 14.7 Å². The van der Waals surface area contributed by atoms with Gasteiger partial charge in [0.2, 0.25) is 0 Å². The van der Waals surface area contributed by atoms with Crippen LogP contribution in [0.2, 0.25) is 0 Å². The molecule has 0 aromatic rings. The number of esters is 1. The van der Waals surface area contributed by atoms with Gasteiger partial charge in [-0.2, -0.15) is 0 Å². The van der Waals surface area contributed by atoms with Crippen LogP contribution >= 0.6 is 0 Å². The van der Waals surface area contributed by atoms with E-state index in [1.54, 1.807) is 4.90 Å². The fourth-order valence-corrected chi connectivity index (χ4v) is 3.14. The summed E-state index contributed by atoms with van der Waals surface area (Å²) in [5.41, 5.74) is 0. The number of ether oxygens (including phenoxy) is 1. The van der Waals surface area contributed by atoms with E-state index >= 15 is 0 Å². The molecule has 1 atom stereocenters. The minimum absolute atomic E-state index is 0.0310. The molecule has 1 rings (SSSR count). The number of aliphatic carboxylic acids is 1. The fourth-order valence-electron chi connectivity index (χ4n) is 3.14. The third-order valence-electron chi connectivity index (χ3n) is 4.43. The molecule has 1 aliphatic carbocycles. The maximum atomic E-state index is 11.9. The molecule has 7 heteroatoms. The lowest BCUT2D eigenvalue weighted by atomic mass is 9.78. The molecule has 134 valence electrons. The van der Waals surface area contributed by atoms with Crippen LogP contribution in [0.15, 0.2) is 0 Å². The van der Waals surface area contributed by atoms with Crippen LogP contribution in [0.4, 0.5) is 0 Å². The SMILES string of the molecule is O=C(CC(C(=O)O)C1CCCCC1)OCCN(CCO)CCO. The summed E-state index contributed by atoms with van der Waals surface area (Å²) in [6.07, 6.45) is 4.84. The van der Waals surface area contributed by atoms with Gasteiger partial charge in [0.1, 0.15) is 6.61 Å². The van der Waals surface area contributed by atoms with Crippen LogP contribution in [0.1, 0.15) is 38.5 Å². The Hall–Kier alpha value is -1.18. The van der Waals surface area contributed by atoms with E-state index in [4.69, 9.17) is 14.9 Å². The van der Waals surface area contributed by atoms with Crippen LogP contribution in [0.3, 0.4) is 0 Å². The molecular weight excluding hydrogens is 302 g/mol. The minimum atomic E-state index is -0.920. The second-order valence-electron chi connectivity index (χ2n) is 6.06. The Bertz CT molecular complexity index is 350. The van der Waals surface area contributed by atoms with E-state index in [0.717, 1.165) is 32.1 Å². The standard InChI is InChI=1S/C16H29NO6/c18-9-6-17(7-10-19)8-11-23-15(20)12-14(16(21)22)13-4-2-1-3-5-13/h13-14,18-19H,1-12H2,(H,21,22). The van der Waals surface area contributed by atoms with Crippen molar-refractivity contribution in [3.63, 3.8) is 0 Å². The van der Waals surface area contributed by atoms with E-state index in [1.165, 1.54) is 0 Å². The monoisotopic (exact) mass is 331 g/mol. The largest absolute Gasteiger partial charge is 0.481 e. The summed E-state index contributed by atoms with van der Waals surface area (Å²) in [6, 6.07) is 0. The molecule has 0 radical (unpaired) electrons. The Morgan fingerprint density at radius 1 is 1.04 bits per heavy atom. The number of hydrogen-bond acceptors (Lipinski definition) is 6. The molecule has 0 aliphatic heterocycles. The van der Waals surface area contributed by atoms with Crippen LogP contribution in [0.25, 0.3) is 0 Å². The highest BCUT2D eigenvalue weighted by Crippen LogP contribution is 2.32. The first-order chi connectivity index (χ1) is 11.1. The number of carbonyl (C=O) groups excluding carboxylic acids is 1. The van der Waals surface area contributed by atoms with Crippen molar-refractivity contribution in [1.82, 2.24) is 4.90 Å². The summed E-state index contributed by atoms with van der Waals surface area (Å²) in [7, 11) is 0. The number of hydrogen-bond donors (Lipinski definition) is 3. The number of carbonyl (C=O) groups is 2. The minimum Gasteiger partial charge on any atom is -0.481 e. The van der Waals surface area contributed by atoms with Gasteiger partial charge in [0.15, 0.2) is 0 Å². The molecule has 0 spiro atoms. The predicted molar refractivity (Wildman–Crippen MR) is 83.9 cm³/mol. The molecule has 0 heterocycles. The molecule has 0 aromatic carbocycles. The van der Waals surface area contributed by atoms with Crippen LogP contribution in [0, 0.1) is 11.8 Å². The lowest BCUT2D eigenvalue weighted by Gasteiger charge is -2.27. The van der Waals surface area contributed by atoms with Crippen LogP contribution < -0.4 is 0 Å². The summed E-state index contributed by atoms with van der Waals surface area (Å²) in [6.45, 7) is 1.28. The summed E-state index contributed by atoms with van der Waals surface area (Å²) < 4.78 is 5.13. The quantitative estimate of drug-likeness (QED) is 0.473. The Kier molecular flexibility index (Phi) is 9.82. The first kappa shape index (κ1) is 19.9. The van der Waals surface area contributed by atoms with Crippen LogP contribution in [0.5, 0.6) is 0 Å². The first-order valence-corrected chi connectivity index (χ1v) is 8.41. The van der Waals surface area contributed by atoms with Gasteiger partial charge < -0.3 is 20.1 Å². The van der Waals surface area contributed by atoms with Gasteiger partial charge in [-0.25, -0.2) is 0 Å². The second kappa shape index (κ2) is 11.4. The van der Waals surface area contributed by atoms with Gasteiger partial charge in [0.05, 0.1) is 25.6 Å². The third kappa shape index (κ3) is 7.76. The molecule has 7 nitrogen and oxygen atoms in total. The van der Waals surface area contributed by atoms with Gasteiger partial charge >= 0.3 is 11.9 Å². The van der Waals surface area contributed by atoms with Gasteiger partial charge in [0, 0.05) is 19.6 Å². The second-order valence-corrected chi connectivity index (χ2v) is 6.06. The average molecular weight is 331 g/mol. The highest BCUT2D eigenvalue weighted by atomic mass is 16.5. The van der Waals surface area contributed by atoms with Crippen LogP contribution in [-0.2, 0) is 14.3 Å². The van der Waals surface area contributed by atoms with Gasteiger partial charge in [-0.1, -0.05) is 19.3 Å². The average Bonchev–Trinajstić information content (AvgIpc) is 2.53. The molecule has 23 heavy (non-hydrogen) atoms. The van der Waals surface area contributed by atoms with Crippen molar-refractivity contribution in [2.45, 2.75) is 38.5 Å². The number of carboxylic acid groups (broad SMARTS) is 1. The highest BCUT2D eigenvalue weighted by molar-refractivity contribution is 5.79. The zero-order chi connectivity index (χ0) is 17.1. The van der Waals surface area contributed by atoms with E-state index in [1.807, 2.05) is 0 Å². The van der Waals surface area contributed by atoms with Crippen molar-refractivity contribution >= 4 is 11.9 Å². The lowest BCUT2D eigenvalue weighted by molar-refractivity contribution is -0.154. The topological polar surface area (TPSA) is 107 Å². The molecular formula is C16H29NO6. The van der Waals surface area contributed by atoms with E-state index < -0.39 is 17.9 Å². The predicted octanol–water partition coefficient (Wildman–Crippen LogP) is 0.487. The molecule has 0 aromatic heterocycles. The van der Waals surface area contributed by atoms with Gasteiger partial charge in [0.25, 0.3) is 0 Å². The van der Waals surface area contributed by atoms with Crippen molar-refractivity contribution in [2.24, 2.45) is 11.8 Å². The normalized spacial score (nSPS) is 17.2. The van der Waals surface area contributed by atoms with Gasteiger partial charge in [-0.3, -0.25) is 14.5 Å². The van der Waals surface area contributed by atoms with Crippen molar-refractivity contribution in [3.05, 3.63) is 0 Å². The highest BCUT2D eigenvalue weighted by Gasteiger charge is 2.31. The third-order valence-corrected chi connectivity index (χ3v) is 4.43. The van der Waals surface area contributed by atoms with Crippen LogP contribution in [-0.4, -0.2) is 71.6 Å².